The Morgan fingerprint density at radius 2 is 1.55 bits per heavy atom. The first-order chi connectivity index (χ1) is 13.9. The molecule has 0 aliphatic carbocycles. The van der Waals surface area contributed by atoms with E-state index >= 15 is 0 Å². The molecule has 3 aromatic rings. The van der Waals surface area contributed by atoms with Crippen LogP contribution >= 0.6 is 15.9 Å². The fourth-order valence-corrected chi connectivity index (χ4v) is 4.68. The highest BCUT2D eigenvalue weighted by Crippen LogP contribution is 2.27. The van der Waals surface area contributed by atoms with Crippen molar-refractivity contribution in [1.82, 2.24) is 0 Å². The van der Waals surface area contributed by atoms with Gasteiger partial charge in [0.15, 0.2) is 0 Å². The monoisotopic (exact) mass is 472 g/mol. The molecule has 1 N–H and O–H groups in total. The number of hydrogen-bond acceptors (Lipinski definition) is 3. The topological polar surface area (TPSA) is 66.5 Å². The van der Waals surface area contributed by atoms with Crippen LogP contribution in [-0.4, -0.2) is 20.9 Å². The molecule has 0 aromatic heterocycles. The van der Waals surface area contributed by atoms with Crippen molar-refractivity contribution in [2.75, 3.05) is 16.2 Å². The lowest BCUT2D eigenvalue weighted by molar-refractivity contribution is -0.114. The Balaban J connectivity index is 1.97. The van der Waals surface area contributed by atoms with E-state index in [1.807, 2.05) is 19.1 Å². The van der Waals surface area contributed by atoms with Crippen LogP contribution in [0.25, 0.3) is 0 Å². The van der Waals surface area contributed by atoms with Crippen molar-refractivity contribution in [3.05, 3.63) is 88.9 Å². The van der Waals surface area contributed by atoms with Crippen LogP contribution in [-0.2, 0) is 21.2 Å². The van der Waals surface area contributed by atoms with Crippen LogP contribution in [0.15, 0.2) is 88.2 Å². The highest BCUT2D eigenvalue weighted by Gasteiger charge is 2.28. The van der Waals surface area contributed by atoms with Crippen molar-refractivity contribution in [2.24, 2.45) is 0 Å². The van der Waals surface area contributed by atoms with Gasteiger partial charge in [0, 0.05) is 10.2 Å². The number of rotatable bonds is 7. The minimum Gasteiger partial charge on any atom is -0.325 e. The Bertz CT molecular complexity index is 1080. The number of anilines is 2. The molecule has 0 atom stereocenters. The van der Waals surface area contributed by atoms with Gasteiger partial charge in [0.2, 0.25) is 5.91 Å². The maximum Gasteiger partial charge on any atom is 0.264 e. The molecule has 0 fully saturated rings. The summed E-state index contributed by atoms with van der Waals surface area (Å²) in [5, 5.41) is 2.76. The van der Waals surface area contributed by atoms with E-state index in [9.17, 15) is 13.2 Å². The number of carbonyl (C=O) groups is 1. The highest BCUT2D eigenvalue weighted by atomic mass is 79.9. The Morgan fingerprint density at radius 3 is 2.21 bits per heavy atom. The minimum atomic E-state index is -3.92. The standard InChI is InChI=1S/C22H21BrN2O3S/c1-2-17-8-6-7-11-21(17)25(29(27,28)20-9-4-3-5-10-20)16-22(26)24-19-14-12-18(23)13-15-19/h3-15H,2,16H2,1H3,(H,24,26). The van der Waals surface area contributed by atoms with Crippen LogP contribution in [0.2, 0.25) is 0 Å². The van der Waals surface area contributed by atoms with Gasteiger partial charge >= 0.3 is 0 Å². The molecule has 0 radical (unpaired) electrons. The molecule has 3 rings (SSSR count). The summed E-state index contributed by atoms with van der Waals surface area (Å²) in [6, 6.07) is 22.5. The van der Waals surface area contributed by atoms with E-state index in [0.29, 0.717) is 17.8 Å². The summed E-state index contributed by atoms with van der Waals surface area (Å²) in [5.41, 5.74) is 1.95. The van der Waals surface area contributed by atoms with Gasteiger partial charge in [-0.3, -0.25) is 9.10 Å². The molecule has 0 unspecified atom stereocenters. The van der Waals surface area contributed by atoms with Crippen molar-refractivity contribution in [1.29, 1.82) is 0 Å². The zero-order chi connectivity index (χ0) is 20.9. The largest absolute Gasteiger partial charge is 0.325 e. The SMILES string of the molecule is CCc1ccccc1N(CC(=O)Nc1ccc(Br)cc1)S(=O)(=O)c1ccccc1. The summed E-state index contributed by atoms with van der Waals surface area (Å²) in [7, 11) is -3.92. The van der Waals surface area contributed by atoms with Crippen LogP contribution in [0.1, 0.15) is 12.5 Å². The van der Waals surface area contributed by atoms with Crippen LogP contribution < -0.4 is 9.62 Å². The predicted octanol–water partition coefficient (Wildman–Crippen LogP) is 4.85. The average molecular weight is 473 g/mol. The van der Waals surface area contributed by atoms with Gasteiger partial charge in [0.1, 0.15) is 6.54 Å². The van der Waals surface area contributed by atoms with E-state index in [1.165, 1.54) is 16.4 Å². The van der Waals surface area contributed by atoms with E-state index in [1.54, 1.807) is 54.6 Å². The number of halogens is 1. The molecule has 0 saturated carbocycles. The lowest BCUT2D eigenvalue weighted by atomic mass is 10.1. The zero-order valence-corrected chi connectivity index (χ0v) is 18.3. The second-order valence-electron chi connectivity index (χ2n) is 6.36. The molecule has 0 saturated heterocycles. The average Bonchev–Trinajstić information content (AvgIpc) is 2.74. The Kier molecular flexibility index (Phi) is 6.71. The maximum atomic E-state index is 13.4. The molecule has 7 heteroatoms. The molecule has 0 bridgehead atoms. The van der Waals surface area contributed by atoms with Gasteiger partial charge in [-0.05, 0) is 54.4 Å². The van der Waals surface area contributed by atoms with Crippen LogP contribution in [0.4, 0.5) is 11.4 Å². The molecule has 150 valence electrons. The number of para-hydroxylation sites is 1. The molecule has 0 aliphatic heterocycles. The van der Waals surface area contributed by atoms with Gasteiger partial charge in [0.25, 0.3) is 10.0 Å². The molecule has 0 aliphatic rings. The van der Waals surface area contributed by atoms with Gasteiger partial charge in [-0.25, -0.2) is 8.42 Å². The van der Waals surface area contributed by atoms with Crippen molar-refractivity contribution in [3.8, 4) is 0 Å². The Labute approximate surface area is 179 Å². The van der Waals surface area contributed by atoms with Crippen molar-refractivity contribution >= 4 is 43.2 Å². The van der Waals surface area contributed by atoms with Gasteiger partial charge in [-0.15, -0.1) is 0 Å². The van der Waals surface area contributed by atoms with Gasteiger partial charge < -0.3 is 5.32 Å². The number of benzene rings is 3. The second kappa shape index (κ2) is 9.24. The molecule has 0 heterocycles. The first kappa shape index (κ1) is 21.1. The molecule has 5 nitrogen and oxygen atoms in total. The second-order valence-corrected chi connectivity index (χ2v) is 9.14. The number of nitrogens with one attached hydrogen (secondary N) is 1. The number of hydrogen-bond donors (Lipinski definition) is 1. The Morgan fingerprint density at radius 1 is 0.931 bits per heavy atom. The predicted molar refractivity (Wildman–Crippen MR) is 120 cm³/mol. The lowest BCUT2D eigenvalue weighted by Gasteiger charge is -2.26. The number of amides is 1. The summed E-state index contributed by atoms with van der Waals surface area (Å²) in [5.74, 6) is -0.419. The van der Waals surface area contributed by atoms with E-state index in [-0.39, 0.29) is 11.4 Å². The van der Waals surface area contributed by atoms with Crippen LogP contribution in [0.5, 0.6) is 0 Å². The van der Waals surface area contributed by atoms with Gasteiger partial charge in [-0.2, -0.15) is 0 Å². The fourth-order valence-electron chi connectivity index (χ4n) is 2.94. The fraction of sp³-hybridized carbons (Fsp3) is 0.136. The summed E-state index contributed by atoms with van der Waals surface area (Å²) in [4.78, 5) is 12.9. The lowest BCUT2D eigenvalue weighted by Crippen LogP contribution is -2.38. The van der Waals surface area contributed by atoms with E-state index in [4.69, 9.17) is 0 Å². The zero-order valence-electron chi connectivity index (χ0n) is 15.9. The third-order valence-electron chi connectivity index (χ3n) is 4.39. The molecule has 0 spiro atoms. The number of nitrogens with zero attached hydrogens (tertiary/aromatic N) is 1. The highest BCUT2D eigenvalue weighted by molar-refractivity contribution is 9.10. The van der Waals surface area contributed by atoms with Crippen LogP contribution in [0, 0.1) is 0 Å². The molecular formula is C22H21BrN2O3S. The quantitative estimate of drug-likeness (QED) is 0.534. The molecule has 1 amide bonds. The Hall–Kier alpha value is -2.64. The smallest absolute Gasteiger partial charge is 0.264 e. The number of carbonyl (C=O) groups excluding carboxylic acids is 1. The first-order valence-electron chi connectivity index (χ1n) is 9.13. The van der Waals surface area contributed by atoms with Crippen molar-refractivity contribution in [2.45, 2.75) is 18.2 Å². The van der Waals surface area contributed by atoms with Crippen LogP contribution in [0.3, 0.4) is 0 Å². The van der Waals surface area contributed by atoms with Gasteiger partial charge in [0.05, 0.1) is 10.6 Å². The van der Waals surface area contributed by atoms with E-state index in [0.717, 1.165) is 10.0 Å². The first-order valence-corrected chi connectivity index (χ1v) is 11.4. The van der Waals surface area contributed by atoms with E-state index < -0.39 is 15.9 Å². The van der Waals surface area contributed by atoms with Gasteiger partial charge in [-0.1, -0.05) is 59.3 Å². The summed E-state index contributed by atoms with van der Waals surface area (Å²) in [6.45, 7) is 1.62. The minimum absolute atomic E-state index is 0.141. The third kappa shape index (κ3) is 5.05. The molecular weight excluding hydrogens is 452 g/mol. The summed E-state index contributed by atoms with van der Waals surface area (Å²) >= 11 is 3.35. The normalized spacial score (nSPS) is 11.1. The maximum absolute atomic E-state index is 13.4. The van der Waals surface area contributed by atoms with E-state index in [2.05, 4.69) is 21.2 Å². The number of sulfonamides is 1. The summed E-state index contributed by atoms with van der Waals surface area (Å²) < 4.78 is 28.8. The summed E-state index contributed by atoms with van der Waals surface area (Å²) in [6.07, 6.45) is 0.644. The van der Waals surface area contributed by atoms with Crippen molar-refractivity contribution in [3.63, 3.8) is 0 Å². The molecule has 29 heavy (non-hydrogen) atoms. The molecule has 3 aromatic carbocycles. The number of aryl methyl sites for hydroxylation is 1. The third-order valence-corrected chi connectivity index (χ3v) is 6.69. The van der Waals surface area contributed by atoms with Crippen molar-refractivity contribution < 1.29 is 13.2 Å².